The fourth-order valence-electron chi connectivity index (χ4n) is 2.93. The molecule has 0 saturated heterocycles. The number of methoxy groups -OCH3 is 2. The van der Waals surface area contributed by atoms with Gasteiger partial charge < -0.3 is 14.8 Å². The highest BCUT2D eigenvalue weighted by molar-refractivity contribution is 7.92. The van der Waals surface area contributed by atoms with E-state index in [0.717, 1.165) is 16.1 Å². The number of halogens is 2. The fourth-order valence-corrected chi connectivity index (χ4v) is 4.35. The summed E-state index contributed by atoms with van der Waals surface area (Å²) < 4.78 is 36.1. The number of benzene rings is 2. The van der Waals surface area contributed by atoms with Crippen molar-refractivity contribution in [3.05, 3.63) is 52.0 Å². The molecule has 0 spiro atoms. The number of amides is 1. The van der Waals surface area contributed by atoms with Crippen LogP contribution in [0.1, 0.15) is 24.9 Å². The maximum absolute atomic E-state index is 12.7. The summed E-state index contributed by atoms with van der Waals surface area (Å²) in [5.74, 6) is 0.629. The van der Waals surface area contributed by atoms with Crippen LogP contribution < -0.4 is 19.1 Å². The average Bonchev–Trinajstić information content (AvgIpc) is 2.69. The number of hydrogen-bond acceptors (Lipinski definition) is 5. The molecule has 0 aromatic heterocycles. The molecule has 0 heterocycles. The van der Waals surface area contributed by atoms with Crippen LogP contribution >= 0.6 is 23.2 Å². The molecule has 0 bridgehead atoms. The van der Waals surface area contributed by atoms with Gasteiger partial charge in [0.25, 0.3) is 0 Å². The highest BCUT2D eigenvalue weighted by Gasteiger charge is 2.24. The van der Waals surface area contributed by atoms with Crippen LogP contribution in [-0.4, -0.2) is 41.3 Å². The molecule has 1 amide bonds. The van der Waals surface area contributed by atoms with E-state index in [1.54, 1.807) is 12.1 Å². The molecule has 0 aliphatic carbocycles. The van der Waals surface area contributed by atoms with E-state index in [2.05, 4.69) is 5.32 Å². The van der Waals surface area contributed by atoms with E-state index in [1.807, 2.05) is 13.0 Å². The van der Waals surface area contributed by atoms with Crippen LogP contribution in [0.2, 0.25) is 10.0 Å². The van der Waals surface area contributed by atoms with Crippen molar-refractivity contribution in [3.8, 4) is 11.5 Å². The van der Waals surface area contributed by atoms with Gasteiger partial charge in [0, 0.05) is 5.02 Å². The summed E-state index contributed by atoms with van der Waals surface area (Å²) in [7, 11) is -0.698. The van der Waals surface area contributed by atoms with Gasteiger partial charge in [-0.3, -0.25) is 9.10 Å². The smallest absolute Gasteiger partial charge is 0.241 e. The van der Waals surface area contributed by atoms with Crippen molar-refractivity contribution in [2.75, 3.05) is 31.3 Å². The molecule has 0 saturated carbocycles. The lowest BCUT2D eigenvalue weighted by molar-refractivity contribution is -0.120. The summed E-state index contributed by atoms with van der Waals surface area (Å²) in [4.78, 5) is 12.7. The van der Waals surface area contributed by atoms with Crippen LogP contribution in [0.25, 0.3) is 0 Å². The predicted molar refractivity (Wildman–Crippen MR) is 119 cm³/mol. The van der Waals surface area contributed by atoms with Gasteiger partial charge in [-0.05, 0) is 42.3 Å². The second-order valence-electron chi connectivity index (χ2n) is 6.51. The molecule has 0 aliphatic heterocycles. The standard InChI is InChI=1S/C20H24Cl2N2O5S/c1-5-16(13-6-9-18(28-2)19(10-13)29-3)23-20(25)12-24(30(4,26)27)17-8-7-14(21)11-15(17)22/h6-11,16H,5,12H2,1-4H3,(H,23,25). The van der Waals surface area contributed by atoms with Crippen molar-refractivity contribution in [3.63, 3.8) is 0 Å². The highest BCUT2D eigenvalue weighted by Crippen LogP contribution is 2.32. The first kappa shape index (κ1) is 24.1. The summed E-state index contributed by atoms with van der Waals surface area (Å²) in [5.41, 5.74) is 0.983. The first-order chi connectivity index (χ1) is 14.1. The lowest BCUT2D eigenvalue weighted by Gasteiger charge is -2.25. The van der Waals surface area contributed by atoms with Gasteiger partial charge in [-0.25, -0.2) is 8.42 Å². The van der Waals surface area contributed by atoms with E-state index < -0.39 is 22.5 Å². The SMILES string of the molecule is CCC(NC(=O)CN(c1ccc(Cl)cc1Cl)S(C)(=O)=O)c1ccc(OC)c(OC)c1. The molecule has 0 aliphatic rings. The van der Waals surface area contributed by atoms with Crippen LogP contribution in [0.15, 0.2) is 36.4 Å². The number of anilines is 1. The van der Waals surface area contributed by atoms with Gasteiger partial charge in [-0.15, -0.1) is 0 Å². The van der Waals surface area contributed by atoms with Crippen LogP contribution in [-0.2, 0) is 14.8 Å². The second-order valence-corrected chi connectivity index (χ2v) is 9.26. The molecule has 1 atom stereocenters. The molecule has 0 fully saturated rings. The average molecular weight is 475 g/mol. The van der Waals surface area contributed by atoms with E-state index in [9.17, 15) is 13.2 Å². The van der Waals surface area contributed by atoms with Crippen molar-refractivity contribution >= 4 is 44.8 Å². The molecule has 10 heteroatoms. The number of sulfonamides is 1. The third-order valence-corrected chi connectivity index (χ3v) is 6.08. The minimum absolute atomic E-state index is 0.132. The number of carbonyl (C=O) groups is 1. The maximum Gasteiger partial charge on any atom is 0.241 e. The normalized spacial score (nSPS) is 12.2. The summed E-state index contributed by atoms with van der Waals surface area (Å²) in [6.45, 7) is 1.48. The molecular formula is C20H24Cl2N2O5S. The molecule has 30 heavy (non-hydrogen) atoms. The molecule has 2 aromatic carbocycles. The van der Waals surface area contributed by atoms with E-state index in [4.69, 9.17) is 32.7 Å². The Balaban J connectivity index is 2.25. The van der Waals surface area contributed by atoms with Gasteiger partial charge in [-0.2, -0.15) is 0 Å². The monoisotopic (exact) mass is 474 g/mol. The Morgan fingerprint density at radius 2 is 1.77 bits per heavy atom. The van der Waals surface area contributed by atoms with Gasteiger partial charge in [-0.1, -0.05) is 36.2 Å². The first-order valence-corrected chi connectivity index (χ1v) is 11.6. The summed E-state index contributed by atoms with van der Waals surface area (Å²) in [6.07, 6.45) is 1.60. The minimum atomic E-state index is -3.77. The van der Waals surface area contributed by atoms with Gasteiger partial charge in [0.2, 0.25) is 15.9 Å². The predicted octanol–water partition coefficient (Wildman–Crippen LogP) is 4.04. The zero-order chi connectivity index (χ0) is 22.5. The van der Waals surface area contributed by atoms with E-state index in [-0.39, 0.29) is 16.8 Å². The Bertz CT molecular complexity index is 1010. The summed E-state index contributed by atoms with van der Waals surface area (Å²) >= 11 is 12.0. The Labute approximate surface area is 186 Å². The Kier molecular flexibility index (Phi) is 8.23. The first-order valence-electron chi connectivity index (χ1n) is 9.04. The van der Waals surface area contributed by atoms with Gasteiger partial charge >= 0.3 is 0 Å². The van der Waals surface area contributed by atoms with Crippen molar-refractivity contribution in [2.45, 2.75) is 19.4 Å². The third kappa shape index (κ3) is 5.93. The number of carbonyl (C=O) groups excluding carboxylic acids is 1. The Hall–Kier alpha value is -2.16. The van der Waals surface area contributed by atoms with E-state index in [1.165, 1.54) is 32.4 Å². The Morgan fingerprint density at radius 1 is 1.10 bits per heavy atom. The fraction of sp³-hybridized carbons (Fsp3) is 0.350. The second kappa shape index (κ2) is 10.2. The number of rotatable bonds is 9. The van der Waals surface area contributed by atoms with Crippen LogP contribution in [0.4, 0.5) is 5.69 Å². The van der Waals surface area contributed by atoms with Crippen molar-refractivity contribution in [1.82, 2.24) is 5.32 Å². The zero-order valence-electron chi connectivity index (χ0n) is 17.1. The number of nitrogens with one attached hydrogen (secondary N) is 1. The quantitative estimate of drug-likeness (QED) is 0.592. The highest BCUT2D eigenvalue weighted by atomic mass is 35.5. The van der Waals surface area contributed by atoms with Crippen LogP contribution in [0.3, 0.4) is 0 Å². The zero-order valence-corrected chi connectivity index (χ0v) is 19.4. The largest absolute Gasteiger partial charge is 0.493 e. The number of ether oxygens (including phenoxy) is 2. The molecular weight excluding hydrogens is 451 g/mol. The molecule has 7 nitrogen and oxygen atoms in total. The third-order valence-electron chi connectivity index (χ3n) is 4.42. The van der Waals surface area contributed by atoms with Crippen LogP contribution in [0.5, 0.6) is 11.5 Å². The molecule has 164 valence electrons. The number of hydrogen-bond donors (Lipinski definition) is 1. The molecule has 2 rings (SSSR count). The van der Waals surface area contributed by atoms with Gasteiger partial charge in [0.15, 0.2) is 11.5 Å². The molecule has 1 N–H and O–H groups in total. The van der Waals surface area contributed by atoms with E-state index in [0.29, 0.717) is 22.9 Å². The van der Waals surface area contributed by atoms with Crippen molar-refractivity contribution in [1.29, 1.82) is 0 Å². The van der Waals surface area contributed by atoms with Gasteiger partial charge in [0.1, 0.15) is 6.54 Å². The van der Waals surface area contributed by atoms with E-state index >= 15 is 0 Å². The lowest BCUT2D eigenvalue weighted by Crippen LogP contribution is -2.41. The topological polar surface area (TPSA) is 84.9 Å². The maximum atomic E-state index is 12.7. The van der Waals surface area contributed by atoms with Crippen molar-refractivity contribution in [2.24, 2.45) is 0 Å². The van der Waals surface area contributed by atoms with Crippen LogP contribution in [0, 0.1) is 0 Å². The molecule has 1 unspecified atom stereocenters. The van der Waals surface area contributed by atoms with Crippen molar-refractivity contribution < 1.29 is 22.7 Å². The Morgan fingerprint density at radius 3 is 2.30 bits per heavy atom. The number of nitrogens with zero attached hydrogens (tertiary/aromatic N) is 1. The molecule has 0 radical (unpaired) electrons. The summed E-state index contributed by atoms with van der Waals surface area (Å²) in [6, 6.07) is 9.39. The summed E-state index contributed by atoms with van der Waals surface area (Å²) in [5, 5.41) is 3.36. The lowest BCUT2D eigenvalue weighted by atomic mass is 10.0. The molecule has 2 aromatic rings. The minimum Gasteiger partial charge on any atom is -0.493 e. The van der Waals surface area contributed by atoms with Gasteiger partial charge in [0.05, 0.1) is 37.2 Å².